The van der Waals surface area contributed by atoms with Crippen molar-refractivity contribution in [2.24, 2.45) is 0 Å². The number of aromatic carboxylic acids is 1. The molecule has 0 aliphatic carbocycles. The van der Waals surface area contributed by atoms with Crippen molar-refractivity contribution in [3.8, 4) is 5.75 Å². The lowest BCUT2D eigenvalue weighted by Crippen LogP contribution is -1.97. The molecular weight excluding hydrogens is 260 g/mol. The maximum atomic E-state index is 10.6. The summed E-state index contributed by atoms with van der Waals surface area (Å²) in [7, 11) is 1.53. The topological polar surface area (TPSA) is 84.6 Å². The summed E-state index contributed by atoms with van der Waals surface area (Å²) < 4.78 is 10.0. The van der Waals surface area contributed by atoms with Gasteiger partial charge in [-0.05, 0) is 12.1 Å². The summed E-state index contributed by atoms with van der Waals surface area (Å²) >= 11 is 5.97. The zero-order valence-corrected chi connectivity index (χ0v) is 10.1. The van der Waals surface area contributed by atoms with Crippen LogP contribution in [0.25, 0.3) is 0 Å². The second-order valence-electron chi connectivity index (χ2n) is 3.31. The molecule has 6 nitrogen and oxygen atoms in total. The maximum absolute atomic E-state index is 10.6. The Bertz CT molecular complexity index is 582. The molecule has 18 heavy (non-hydrogen) atoms. The quantitative estimate of drug-likeness (QED) is 0.887. The third-order valence-corrected chi connectivity index (χ3v) is 2.47. The van der Waals surface area contributed by atoms with E-state index in [-0.39, 0.29) is 11.7 Å². The van der Waals surface area contributed by atoms with Gasteiger partial charge in [0, 0.05) is 6.07 Å². The van der Waals surface area contributed by atoms with Gasteiger partial charge in [-0.25, -0.2) is 4.79 Å². The Balaban J connectivity index is 2.24. The van der Waals surface area contributed by atoms with E-state index in [9.17, 15) is 4.79 Å². The average molecular weight is 269 g/mol. The summed E-state index contributed by atoms with van der Waals surface area (Å²) in [6.07, 6.45) is 1.04. The number of nitrogens with zero attached hydrogens (tertiary/aromatic N) is 1. The normalized spacial score (nSPS) is 10.1. The van der Waals surface area contributed by atoms with Crippen molar-refractivity contribution in [3.63, 3.8) is 0 Å². The lowest BCUT2D eigenvalue weighted by atomic mass is 10.3. The number of benzene rings is 1. The number of carboxylic acid groups (broad SMARTS) is 1. The van der Waals surface area contributed by atoms with Gasteiger partial charge >= 0.3 is 5.97 Å². The highest BCUT2D eigenvalue weighted by Gasteiger charge is 2.11. The largest absolute Gasteiger partial charge is 0.497 e. The van der Waals surface area contributed by atoms with Gasteiger partial charge in [-0.3, -0.25) is 0 Å². The molecule has 0 bridgehead atoms. The van der Waals surface area contributed by atoms with Gasteiger partial charge in [0.05, 0.1) is 17.8 Å². The van der Waals surface area contributed by atoms with Gasteiger partial charge in [-0.1, -0.05) is 11.6 Å². The Kier molecular flexibility index (Phi) is 3.38. The van der Waals surface area contributed by atoms with E-state index in [0.29, 0.717) is 16.5 Å². The van der Waals surface area contributed by atoms with Gasteiger partial charge in [0.15, 0.2) is 5.69 Å². The molecule has 0 aliphatic rings. The fourth-order valence-corrected chi connectivity index (χ4v) is 1.44. The molecule has 0 atom stereocenters. The van der Waals surface area contributed by atoms with Crippen molar-refractivity contribution in [2.75, 3.05) is 12.4 Å². The van der Waals surface area contributed by atoms with E-state index in [4.69, 9.17) is 25.9 Å². The molecule has 2 rings (SSSR count). The highest BCUT2D eigenvalue weighted by atomic mass is 35.5. The lowest BCUT2D eigenvalue weighted by Gasteiger charge is -2.06. The number of rotatable bonds is 4. The molecule has 0 saturated heterocycles. The molecule has 0 aliphatic heterocycles. The van der Waals surface area contributed by atoms with Crippen LogP contribution in [0.15, 0.2) is 28.9 Å². The predicted octanol–water partition coefficient (Wildman–Crippen LogP) is 2.78. The molecule has 2 N–H and O–H groups in total. The van der Waals surface area contributed by atoms with Crippen LogP contribution in [0.1, 0.15) is 10.5 Å². The number of anilines is 2. The van der Waals surface area contributed by atoms with Crippen LogP contribution in [0.2, 0.25) is 5.02 Å². The number of carboxylic acids is 1. The van der Waals surface area contributed by atoms with Crippen LogP contribution in [0, 0.1) is 0 Å². The summed E-state index contributed by atoms with van der Waals surface area (Å²) in [6.45, 7) is 0. The molecule has 0 radical (unpaired) electrons. The fourth-order valence-electron chi connectivity index (χ4n) is 1.27. The van der Waals surface area contributed by atoms with Crippen LogP contribution in [-0.2, 0) is 0 Å². The minimum absolute atomic E-state index is 0.0440. The standard InChI is InChI=1S/C11H9ClN2O4/c1-17-6-2-3-7(12)8(4-6)13-11-14-9(5-18-11)10(15)16/h2-5H,1H3,(H,13,14)(H,15,16). The first-order valence-electron chi connectivity index (χ1n) is 4.89. The predicted molar refractivity (Wildman–Crippen MR) is 64.7 cm³/mol. The van der Waals surface area contributed by atoms with Crippen LogP contribution in [0.5, 0.6) is 5.75 Å². The second kappa shape index (κ2) is 4.97. The van der Waals surface area contributed by atoms with Crippen LogP contribution in [0.4, 0.5) is 11.7 Å². The molecular formula is C11H9ClN2O4. The third-order valence-electron chi connectivity index (χ3n) is 2.14. The molecule has 0 saturated carbocycles. The number of methoxy groups -OCH3 is 1. The highest BCUT2D eigenvalue weighted by molar-refractivity contribution is 6.33. The Hall–Kier alpha value is -2.21. The second-order valence-corrected chi connectivity index (χ2v) is 3.72. The van der Waals surface area contributed by atoms with E-state index in [1.807, 2.05) is 0 Å². The number of halogens is 1. The van der Waals surface area contributed by atoms with Crippen molar-refractivity contribution in [2.45, 2.75) is 0 Å². The molecule has 1 heterocycles. The zero-order valence-electron chi connectivity index (χ0n) is 9.31. The van der Waals surface area contributed by atoms with E-state index in [2.05, 4.69) is 10.3 Å². The number of hydrogen-bond acceptors (Lipinski definition) is 5. The Labute approximate surface area is 107 Å². The first-order valence-corrected chi connectivity index (χ1v) is 5.27. The number of ether oxygens (including phenoxy) is 1. The summed E-state index contributed by atoms with van der Waals surface area (Å²) in [4.78, 5) is 14.4. The molecule has 0 fully saturated rings. The van der Waals surface area contributed by atoms with Crippen molar-refractivity contribution in [1.82, 2.24) is 4.98 Å². The van der Waals surface area contributed by atoms with Gasteiger partial charge in [0.25, 0.3) is 6.01 Å². The van der Waals surface area contributed by atoms with Gasteiger partial charge in [-0.2, -0.15) is 4.98 Å². The lowest BCUT2D eigenvalue weighted by molar-refractivity contribution is 0.0690. The number of hydrogen-bond donors (Lipinski definition) is 2. The maximum Gasteiger partial charge on any atom is 0.357 e. The molecule has 0 unspecified atom stereocenters. The van der Waals surface area contributed by atoms with Gasteiger partial charge in [0.2, 0.25) is 0 Å². The van der Waals surface area contributed by atoms with E-state index in [1.165, 1.54) is 7.11 Å². The minimum atomic E-state index is -1.16. The van der Waals surface area contributed by atoms with Crippen LogP contribution in [0.3, 0.4) is 0 Å². The zero-order chi connectivity index (χ0) is 13.1. The summed E-state index contributed by atoms with van der Waals surface area (Å²) in [5, 5.41) is 11.9. The van der Waals surface area contributed by atoms with Crippen molar-refractivity contribution >= 4 is 29.3 Å². The van der Waals surface area contributed by atoms with Gasteiger partial charge in [-0.15, -0.1) is 0 Å². The van der Waals surface area contributed by atoms with Crippen molar-refractivity contribution in [1.29, 1.82) is 0 Å². The molecule has 2 aromatic rings. The Morgan fingerprint density at radius 1 is 1.56 bits per heavy atom. The summed E-state index contributed by atoms with van der Waals surface area (Å²) in [5.41, 5.74) is 0.325. The van der Waals surface area contributed by atoms with Crippen LogP contribution >= 0.6 is 11.6 Å². The molecule has 7 heteroatoms. The number of oxazole rings is 1. The first kappa shape index (κ1) is 12.3. The Morgan fingerprint density at radius 3 is 2.94 bits per heavy atom. The number of nitrogens with one attached hydrogen (secondary N) is 1. The van der Waals surface area contributed by atoms with Crippen molar-refractivity contribution < 1.29 is 19.1 Å². The van der Waals surface area contributed by atoms with E-state index >= 15 is 0 Å². The SMILES string of the molecule is COc1ccc(Cl)c(Nc2nc(C(=O)O)co2)c1. The first-order chi connectivity index (χ1) is 8.60. The van der Waals surface area contributed by atoms with E-state index in [0.717, 1.165) is 6.26 Å². The van der Waals surface area contributed by atoms with E-state index < -0.39 is 5.97 Å². The summed E-state index contributed by atoms with van der Waals surface area (Å²) in [6, 6.07) is 5.03. The van der Waals surface area contributed by atoms with Gasteiger partial charge in [0.1, 0.15) is 12.0 Å². The number of aromatic nitrogens is 1. The smallest absolute Gasteiger partial charge is 0.357 e. The monoisotopic (exact) mass is 268 g/mol. The Morgan fingerprint density at radius 2 is 2.33 bits per heavy atom. The summed E-state index contributed by atoms with van der Waals surface area (Å²) in [5.74, 6) is -0.560. The minimum Gasteiger partial charge on any atom is -0.497 e. The highest BCUT2D eigenvalue weighted by Crippen LogP contribution is 2.29. The van der Waals surface area contributed by atoms with Crippen LogP contribution < -0.4 is 10.1 Å². The molecule has 1 aromatic heterocycles. The molecule has 1 aromatic carbocycles. The fraction of sp³-hybridized carbons (Fsp3) is 0.0909. The van der Waals surface area contributed by atoms with Gasteiger partial charge < -0.3 is 19.6 Å². The molecule has 94 valence electrons. The molecule has 0 amide bonds. The third kappa shape index (κ3) is 2.54. The molecule has 0 spiro atoms. The van der Waals surface area contributed by atoms with E-state index in [1.54, 1.807) is 18.2 Å². The average Bonchev–Trinajstić information content (AvgIpc) is 2.81. The van der Waals surface area contributed by atoms with Crippen LogP contribution in [-0.4, -0.2) is 23.2 Å². The van der Waals surface area contributed by atoms with Crippen molar-refractivity contribution in [3.05, 3.63) is 35.2 Å². The number of carbonyl (C=O) groups is 1.